The van der Waals surface area contributed by atoms with Gasteiger partial charge in [-0.05, 0) is 31.6 Å². The zero-order chi connectivity index (χ0) is 11.9. The van der Waals surface area contributed by atoms with Crippen LogP contribution >= 0.6 is 0 Å². The quantitative estimate of drug-likeness (QED) is 0.699. The van der Waals surface area contributed by atoms with Crippen molar-refractivity contribution in [1.29, 1.82) is 0 Å². The molecule has 0 aliphatic carbocycles. The lowest BCUT2D eigenvalue weighted by atomic mass is 10.1. The Morgan fingerprint density at radius 2 is 1.73 bits per heavy atom. The molecular formula is C11H25NO2S. The fraction of sp³-hybridized carbons (Fsp3) is 1.00. The molecule has 0 aromatic heterocycles. The van der Waals surface area contributed by atoms with Gasteiger partial charge in [-0.25, -0.2) is 8.42 Å². The third kappa shape index (κ3) is 8.88. The van der Waals surface area contributed by atoms with Gasteiger partial charge >= 0.3 is 0 Å². The van der Waals surface area contributed by atoms with Crippen molar-refractivity contribution in [2.45, 2.75) is 52.5 Å². The molecule has 1 atom stereocenters. The molecule has 0 spiro atoms. The average molecular weight is 235 g/mol. The molecule has 0 rings (SSSR count). The highest BCUT2D eigenvalue weighted by Gasteiger charge is 2.12. The summed E-state index contributed by atoms with van der Waals surface area (Å²) in [5, 5.41) is 0. The van der Waals surface area contributed by atoms with E-state index in [2.05, 4.69) is 0 Å². The average Bonchev–Trinajstić information content (AvgIpc) is 2.14. The van der Waals surface area contributed by atoms with Crippen LogP contribution in [0, 0.1) is 5.92 Å². The minimum atomic E-state index is -2.84. The maximum Gasteiger partial charge on any atom is 0.150 e. The van der Waals surface area contributed by atoms with Gasteiger partial charge in [0.05, 0.1) is 11.5 Å². The van der Waals surface area contributed by atoms with Crippen molar-refractivity contribution in [3.05, 3.63) is 0 Å². The number of nitrogens with two attached hydrogens (primary N) is 1. The van der Waals surface area contributed by atoms with E-state index >= 15 is 0 Å². The van der Waals surface area contributed by atoms with Crippen molar-refractivity contribution in [3.63, 3.8) is 0 Å². The topological polar surface area (TPSA) is 60.2 Å². The summed E-state index contributed by atoms with van der Waals surface area (Å²) in [4.78, 5) is 0. The van der Waals surface area contributed by atoms with E-state index in [0.29, 0.717) is 23.8 Å². The van der Waals surface area contributed by atoms with Gasteiger partial charge in [0.1, 0.15) is 9.84 Å². The van der Waals surface area contributed by atoms with Crippen LogP contribution in [0.4, 0.5) is 0 Å². The standard InChI is InChI=1S/C11H25NO2S/c1-4-11(12)6-5-8-15(13,14)9-7-10(2)3/h10-11H,4-9,12H2,1-3H3. The SMILES string of the molecule is CCC(N)CCCS(=O)(=O)CCC(C)C. The van der Waals surface area contributed by atoms with Gasteiger partial charge in [0, 0.05) is 6.04 Å². The predicted molar refractivity (Wildman–Crippen MR) is 65.6 cm³/mol. The first-order valence-electron chi connectivity index (χ1n) is 5.83. The molecule has 1 unspecified atom stereocenters. The molecule has 0 radical (unpaired) electrons. The summed E-state index contributed by atoms with van der Waals surface area (Å²) < 4.78 is 23.1. The molecule has 0 saturated carbocycles. The minimum absolute atomic E-state index is 0.158. The Morgan fingerprint density at radius 3 is 2.20 bits per heavy atom. The molecule has 0 amide bonds. The zero-order valence-corrected chi connectivity index (χ0v) is 11.0. The van der Waals surface area contributed by atoms with Crippen LogP contribution in [-0.4, -0.2) is 26.0 Å². The lowest BCUT2D eigenvalue weighted by Gasteiger charge is -2.09. The van der Waals surface area contributed by atoms with Crippen molar-refractivity contribution in [2.24, 2.45) is 11.7 Å². The summed E-state index contributed by atoms with van der Waals surface area (Å²) >= 11 is 0. The first kappa shape index (κ1) is 14.9. The van der Waals surface area contributed by atoms with Crippen LogP contribution in [0.3, 0.4) is 0 Å². The number of rotatable bonds is 8. The summed E-state index contributed by atoms with van der Waals surface area (Å²) in [5.74, 6) is 1.08. The van der Waals surface area contributed by atoms with Gasteiger partial charge < -0.3 is 5.73 Å². The van der Waals surface area contributed by atoms with E-state index in [1.807, 2.05) is 20.8 Å². The Labute approximate surface area is 94.4 Å². The highest BCUT2D eigenvalue weighted by atomic mass is 32.2. The van der Waals surface area contributed by atoms with Crippen LogP contribution in [0.2, 0.25) is 0 Å². The second-order valence-corrected chi connectivity index (χ2v) is 6.95. The maximum absolute atomic E-state index is 11.6. The van der Waals surface area contributed by atoms with E-state index in [9.17, 15) is 8.42 Å². The summed E-state index contributed by atoms with van der Waals surface area (Å²) in [6.07, 6.45) is 3.21. The molecule has 92 valence electrons. The Balaban J connectivity index is 3.75. The molecule has 2 N–H and O–H groups in total. The largest absolute Gasteiger partial charge is 0.328 e. The van der Waals surface area contributed by atoms with Crippen LogP contribution in [0.25, 0.3) is 0 Å². The third-order valence-corrected chi connectivity index (χ3v) is 4.33. The van der Waals surface area contributed by atoms with Crippen molar-refractivity contribution in [1.82, 2.24) is 0 Å². The van der Waals surface area contributed by atoms with E-state index in [1.165, 1.54) is 0 Å². The molecule has 15 heavy (non-hydrogen) atoms. The number of sulfone groups is 1. The molecule has 0 bridgehead atoms. The van der Waals surface area contributed by atoms with Gasteiger partial charge in [0.15, 0.2) is 0 Å². The maximum atomic E-state index is 11.6. The van der Waals surface area contributed by atoms with E-state index in [0.717, 1.165) is 19.3 Å². The fourth-order valence-corrected chi connectivity index (χ4v) is 2.93. The molecule has 4 heteroatoms. The minimum Gasteiger partial charge on any atom is -0.328 e. The number of hydrogen-bond donors (Lipinski definition) is 1. The van der Waals surface area contributed by atoms with Gasteiger partial charge in [0.2, 0.25) is 0 Å². The molecule has 3 nitrogen and oxygen atoms in total. The Morgan fingerprint density at radius 1 is 1.13 bits per heavy atom. The van der Waals surface area contributed by atoms with Crippen LogP contribution in [0.15, 0.2) is 0 Å². The summed E-state index contributed by atoms with van der Waals surface area (Å²) in [6.45, 7) is 6.11. The Hall–Kier alpha value is -0.0900. The van der Waals surface area contributed by atoms with E-state index in [1.54, 1.807) is 0 Å². The highest BCUT2D eigenvalue weighted by molar-refractivity contribution is 7.91. The Bertz CT molecular complexity index is 247. The fourth-order valence-electron chi connectivity index (χ4n) is 1.29. The molecule has 0 aromatic carbocycles. The summed E-state index contributed by atoms with van der Waals surface area (Å²) in [6, 6.07) is 0.158. The van der Waals surface area contributed by atoms with Crippen molar-refractivity contribution >= 4 is 9.84 Å². The van der Waals surface area contributed by atoms with Crippen molar-refractivity contribution < 1.29 is 8.42 Å². The van der Waals surface area contributed by atoms with Gasteiger partial charge in [0.25, 0.3) is 0 Å². The molecule has 0 saturated heterocycles. The van der Waals surface area contributed by atoms with Gasteiger partial charge in [-0.1, -0.05) is 20.8 Å². The van der Waals surface area contributed by atoms with Gasteiger partial charge in [-0.3, -0.25) is 0 Å². The zero-order valence-electron chi connectivity index (χ0n) is 10.2. The molecular weight excluding hydrogens is 210 g/mol. The lowest BCUT2D eigenvalue weighted by molar-refractivity contribution is 0.557. The molecule has 0 aliphatic heterocycles. The molecule has 0 heterocycles. The molecule has 0 aliphatic rings. The van der Waals surface area contributed by atoms with Crippen LogP contribution in [0.5, 0.6) is 0 Å². The van der Waals surface area contributed by atoms with E-state index in [4.69, 9.17) is 5.73 Å². The molecule has 0 fully saturated rings. The predicted octanol–water partition coefficient (Wildman–Crippen LogP) is 1.96. The first-order valence-corrected chi connectivity index (χ1v) is 7.65. The van der Waals surface area contributed by atoms with Gasteiger partial charge in [-0.2, -0.15) is 0 Å². The highest BCUT2D eigenvalue weighted by Crippen LogP contribution is 2.07. The molecule has 0 aromatic rings. The normalized spacial score (nSPS) is 14.5. The summed E-state index contributed by atoms with van der Waals surface area (Å²) in [7, 11) is -2.84. The van der Waals surface area contributed by atoms with E-state index in [-0.39, 0.29) is 6.04 Å². The second kappa shape index (κ2) is 7.23. The van der Waals surface area contributed by atoms with Crippen molar-refractivity contribution in [2.75, 3.05) is 11.5 Å². The van der Waals surface area contributed by atoms with Crippen LogP contribution < -0.4 is 5.73 Å². The smallest absolute Gasteiger partial charge is 0.150 e. The Kier molecular flexibility index (Phi) is 7.18. The van der Waals surface area contributed by atoms with E-state index < -0.39 is 9.84 Å². The first-order chi connectivity index (χ1) is 6.87. The third-order valence-electron chi connectivity index (χ3n) is 2.56. The lowest BCUT2D eigenvalue weighted by Crippen LogP contribution is -2.20. The van der Waals surface area contributed by atoms with Crippen LogP contribution in [0.1, 0.15) is 46.5 Å². The number of hydrogen-bond acceptors (Lipinski definition) is 3. The van der Waals surface area contributed by atoms with Crippen LogP contribution in [-0.2, 0) is 9.84 Å². The monoisotopic (exact) mass is 235 g/mol. The van der Waals surface area contributed by atoms with Gasteiger partial charge in [-0.15, -0.1) is 0 Å². The second-order valence-electron chi connectivity index (χ2n) is 4.64. The summed E-state index contributed by atoms with van der Waals surface area (Å²) in [5.41, 5.74) is 5.73. The van der Waals surface area contributed by atoms with Crippen molar-refractivity contribution in [3.8, 4) is 0 Å².